The molecular weight excluding hydrogens is 298 g/mol. The molecule has 1 N–H and O–H groups in total. The first-order chi connectivity index (χ1) is 11.5. The van der Waals surface area contributed by atoms with Gasteiger partial charge in [0.15, 0.2) is 5.82 Å². The van der Waals surface area contributed by atoms with E-state index in [0.717, 1.165) is 11.1 Å². The lowest BCUT2D eigenvalue weighted by Gasteiger charge is -2.07. The van der Waals surface area contributed by atoms with Gasteiger partial charge in [-0.2, -0.15) is 5.10 Å². The fourth-order valence-corrected chi connectivity index (χ4v) is 2.73. The average Bonchev–Trinajstić information content (AvgIpc) is 2.96. The molecular formula is C20H21N3O. The smallest absolute Gasteiger partial charge is 0.257 e. The number of nitrogens with zero attached hydrogens (tertiary/aromatic N) is 2. The molecule has 0 fully saturated rings. The highest BCUT2D eigenvalue weighted by Crippen LogP contribution is 2.14. The van der Waals surface area contributed by atoms with Crippen LogP contribution in [0, 0.1) is 20.8 Å². The van der Waals surface area contributed by atoms with Gasteiger partial charge in [-0.25, -0.2) is 0 Å². The lowest BCUT2D eigenvalue weighted by molar-refractivity contribution is 0.102. The van der Waals surface area contributed by atoms with Crippen molar-refractivity contribution >= 4 is 11.7 Å². The average molecular weight is 319 g/mol. The van der Waals surface area contributed by atoms with Gasteiger partial charge in [0.25, 0.3) is 5.91 Å². The Morgan fingerprint density at radius 1 is 1.04 bits per heavy atom. The highest BCUT2D eigenvalue weighted by Gasteiger charge is 2.11. The summed E-state index contributed by atoms with van der Waals surface area (Å²) in [4.78, 5) is 12.4. The van der Waals surface area contributed by atoms with Crippen molar-refractivity contribution in [3.8, 4) is 0 Å². The fraction of sp³-hybridized carbons (Fsp3) is 0.200. The molecule has 122 valence electrons. The third-order valence-corrected chi connectivity index (χ3v) is 4.10. The first kappa shape index (κ1) is 16.0. The van der Waals surface area contributed by atoms with E-state index >= 15 is 0 Å². The van der Waals surface area contributed by atoms with Crippen LogP contribution in [0.25, 0.3) is 0 Å². The van der Waals surface area contributed by atoms with Gasteiger partial charge in [-0.05, 0) is 43.5 Å². The van der Waals surface area contributed by atoms with E-state index in [0.29, 0.717) is 17.9 Å². The Bertz CT molecular complexity index is 880. The number of hydrogen-bond donors (Lipinski definition) is 1. The molecule has 24 heavy (non-hydrogen) atoms. The molecule has 4 heteroatoms. The lowest BCUT2D eigenvalue weighted by atomic mass is 10.1. The zero-order chi connectivity index (χ0) is 17.1. The number of carbonyl (C=O) groups is 1. The second kappa shape index (κ2) is 6.71. The molecule has 0 aliphatic carbocycles. The molecule has 1 aromatic heterocycles. The summed E-state index contributed by atoms with van der Waals surface area (Å²) in [6.45, 7) is 6.73. The minimum absolute atomic E-state index is 0.131. The molecule has 3 aromatic rings. The first-order valence-electron chi connectivity index (χ1n) is 7.99. The van der Waals surface area contributed by atoms with Crippen molar-refractivity contribution in [1.82, 2.24) is 9.78 Å². The minimum Gasteiger partial charge on any atom is -0.305 e. The first-order valence-corrected chi connectivity index (χ1v) is 7.99. The molecule has 0 saturated carbocycles. The van der Waals surface area contributed by atoms with Gasteiger partial charge in [0.05, 0.1) is 6.54 Å². The molecule has 0 spiro atoms. The van der Waals surface area contributed by atoms with Crippen molar-refractivity contribution in [2.24, 2.45) is 0 Å². The van der Waals surface area contributed by atoms with E-state index in [1.54, 1.807) is 0 Å². The number of anilines is 1. The molecule has 0 aliphatic rings. The molecule has 1 amide bonds. The Kier molecular flexibility index (Phi) is 4.47. The van der Waals surface area contributed by atoms with Gasteiger partial charge in [-0.3, -0.25) is 9.48 Å². The van der Waals surface area contributed by atoms with E-state index in [-0.39, 0.29) is 5.91 Å². The van der Waals surface area contributed by atoms with E-state index in [4.69, 9.17) is 0 Å². The van der Waals surface area contributed by atoms with Gasteiger partial charge >= 0.3 is 0 Å². The second-order valence-electron chi connectivity index (χ2n) is 6.10. The Balaban J connectivity index is 1.72. The fourth-order valence-electron chi connectivity index (χ4n) is 2.73. The third-order valence-electron chi connectivity index (χ3n) is 4.10. The van der Waals surface area contributed by atoms with Crippen LogP contribution in [0.4, 0.5) is 5.82 Å². The standard InChI is InChI=1S/C20H21N3O/c1-14-8-9-18(16(3)12-14)20(24)21-19-10-11-23(22-19)13-17-7-5-4-6-15(17)2/h4-12H,13H2,1-3H3,(H,21,22,24). The summed E-state index contributed by atoms with van der Waals surface area (Å²) in [5, 5.41) is 7.31. The number of hydrogen-bond acceptors (Lipinski definition) is 2. The molecule has 0 aliphatic heterocycles. The van der Waals surface area contributed by atoms with Crippen LogP contribution in [0.3, 0.4) is 0 Å². The van der Waals surface area contributed by atoms with Crippen molar-refractivity contribution in [3.63, 3.8) is 0 Å². The van der Waals surface area contributed by atoms with E-state index in [9.17, 15) is 4.79 Å². The maximum Gasteiger partial charge on any atom is 0.257 e. The molecule has 2 aromatic carbocycles. The quantitative estimate of drug-likeness (QED) is 0.786. The SMILES string of the molecule is Cc1ccc(C(=O)Nc2ccn(Cc3ccccc3C)n2)c(C)c1. The van der Waals surface area contributed by atoms with Crippen LogP contribution < -0.4 is 5.32 Å². The van der Waals surface area contributed by atoms with Crippen LogP contribution >= 0.6 is 0 Å². The van der Waals surface area contributed by atoms with E-state index in [2.05, 4.69) is 29.5 Å². The molecule has 0 unspecified atom stereocenters. The van der Waals surface area contributed by atoms with Crippen molar-refractivity contribution < 1.29 is 4.79 Å². The van der Waals surface area contributed by atoms with Crippen LogP contribution in [-0.4, -0.2) is 15.7 Å². The topological polar surface area (TPSA) is 46.9 Å². The molecule has 0 atom stereocenters. The Morgan fingerprint density at radius 3 is 2.58 bits per heavy atom. The molecule has 0 bridgehead atoms. The number of benzene rings is 2. The lowest BCUT2D eigenvalue weighted by Crippen LogP contribution is -2.14. The van der Waals surface area contributed by atoms with Crippen LogP contribution in [0.5, 0.6) is 0 Å². The minimum atomic E-state index is -0.131. The largest absolute Gasteiger partial charge is 0.305 e. The number of rotatable bonds is 4. The Labute approximate surface area is 142 Å². The molecule has 0 radical (unpaired) electrons. The second-order valence-corrected chi connectivity index (χ2v) is 6.10. The number of nitrogens with one attached hydrogen (secondary N) is 1. The summed E-state index contributed by atoms with van der Waals surface area (Å²) in [5.74, 6) is 0.433. The monoisotopic (exact) mass is 319 g/mol. The van der Waals surface area contributed by atoms with Crippen molar-refractivity contribution in [2.45, 2.75) is 27.3 Å². The summed E-state index contributed by atoms with van der Waals surface area (Å²) in [6, 6.07) is 15.8. The van der Waals surface area contributed by atoms with Gasteiger partial charge in [-0.15, -0.1) is 0 Å². The molecule has 3 rings (SSSR count). The van der Waals surface area contributed by atoms with E-state index < -0.39 is 0 Å². The maximum atomic E-state index is 12.4. The summed E-state index contributed by atoms with van der Waals surface area (Å²) in [5.41, 5.74) is 5.23. The van der Waals surface area contributed by atoms with Crippen molar-refractivity contribution in [3.05, 3.63) is 82.5 Å². The van der Waals surface area contributed by atoms with Gasteiger partial charge < -0.3 is 5.32 Å². The Morgan fingerprint density at radius 2 is 1.83 bits per heavy atom. The third kappa shape index (κ3) is 3.54. The maximum absolute atomic E-state index is 12.4. The summed E-state index contributed by atoms with van der Waals surface area (Å²) in [7, 11) is 0. The summed E-state index contributed by atoms with van der Waals surface area (Å²) >= 11 is 0. The normalized spacial score (nSPS) is 10.6. The predicted molar refractivity (Wildman–Crippen MR) is 96.4 cm³/mol. The van der Waals surface area contributed by atoms with Gasteiger partial charge in [0.2, 0.25) is 0 Å². The molecule has 0 saturated heterocycles. The highest BCUT2D eigenvalue weighted by atomic mass is 16.1. The summed E-state index contributed by atoms with van der Waals surface area (Å²) < 4.78 is 1.83. The predicted octanol–water partition coefficient (Wildman–Crippen LogP) is 4.11. The van der Waals surface area contributed by atoms with Crippen molar-refractivity contribution in [2.75, 3.05) is 5.32 Å². The Hall–Kier alpha value is -2.88. The summed E-state index contributed by atoms with van der Waals surface area (Å²) in [6.07, 6.45) is 1.88. The van der Waals surface area contributed by atoms with Gasteiger partial charge in [0.1, 0.15) is 0 Å². The van der Waals surface area contributed by atoms with Crippen LogP contribution in [0.15, 0.2) is 54.7 Å². The zero-order valence-electron chi connectivity index (χ0n) is 14.2. The van der Waals surface area contributed by atoms with E-state index in [1.165, 1.54) is 11.1 Å². The molecule has 4 nitrogen and oxygen atoms in total. The van der Waals surface area contributed by atoms with Crippen LogP contribution in [0.2, 0.25) is 0 Å². The highest BCUT2D eigenvalue weighted by molar-refractivity contribution is 6.04. The number of amides is 1. The van der Waals surface area contributed by atoms with Crippen molar-refractivity contribution in [1.29, 1.82) is 0 Å². The van der Waals surface area contributed by atoms with Gasteiger partial charge in [-0.1, -0.05) is 42.0 Å². The number of carbonyl (C=O) groups excluding carboxylic acids is 1. The van der Waals surface area contributed by atoms with Gasteiger partial charge in [0, 0.05) is 17.8 Å². The van der Waals surface area contributed by atoms with Crippen LogP contribution in [0.1, 0.15) is 32.6 Å². The number of aryl methyl sites for hydroxylation is 3. The number of aromatic nitrogens is 2. The zero-order valence-corrected chi connectivity index (χ0v) is 14.2. The van der Waals surface area contributed by atoms with E-state index in [1.807, 2.05) is 61.1 Å². The molecule has 1 heterocycles. The van der Waals surface area contributed by atoms with Crippen LogP contribution in [-0.2, 0) is 6.54 Å².